The molecule has 0 spiro atoms. The van der Waals surface area contributed by atoms with E-state index < -0.39 is 35.7 Å². The number of methoxy groups -OCH3 is 1. The fourth-order valence-corrected chi connectivity index (χ4v) is 2.84. The lowest BCUT2D eigenvalue weighted by Crippen LogP contribution is -2.52. The number of hydrogen-bond donors (Lipinski definition) is 2. The molecule has 0 saturated heterocycles. The molecule has 2 amide bonds. The van der Waals surface area contributed by atoms with Gasteiger partial charge in [0.15, 0.2) is 0 Å². The average Bonchev–Trinajstić information content (AvgIpc) is 2.74. The Kier molecular flexibility index (Phi) is 8.75. The zero-order valence-electron chi connectivity index (χ0n) is 16.9. The molecule has 0 radical (unpaired) electrons. The number of halogens is 1. The molecule has 0 aliphatic carbocycles. The molecule has 0 aromatic heterocycles. The van der Waals surface area contributed by atoms with Crippen molar-refractivity contribution in [2.75, 3.05) is 7.11 Å². The molecule has 0 heterocycles. The zero-order valence-corrected chi connectivity index (χ0v) is 16.9. The van der Waals surface area contributed by atoms with E-state index in [2.05, 4.69) is 10.6 Å². The van der Waals surface area contributed by atoms with Crippen LogP contribution in [0.2, 0.25) is 0 Å². The van der Waals surface area contributed by atoms with Crippen molar-refractivity contribution in [3.05, 3.63) is 77.6 Å². The molecule has 2 aromatic carbocycles. The molecule has 30 heavy (non-hydrogen) atoms. The largest absolute Gasteiger partial charge is 0.467 e. The van der Waals surface area contributed by atoms with Gasteiger partial charge in [0.2, 0.25) is 11.8 Å². The van der Waals surface area contributed by atoms with Crippen molar-refractivity contribution in [2.45, 2.75) is 31.8 Å². The van der Waals surface area contributed by atoms with Crippen LogP contribution in [0.4, 0.5) is 4.39 Å². The van der Waals surface area contributed by atoms with Gasteiger partial charge in [0, 0.05) is 13.3 Å². The molecule has 0 fully saturated rings. The van der Waals surface area contributed by atoms with Crippen LogP contribution in [0.15, 0.2) is 60.7 Å². The number of ether oxygens (including phenoxy) is 1. The van der Waals surface area contributed by atoms with Crippen molar-refractivity contribution in [1.29, 1.82) is 0 Å². The van der Waals surface area contributed by atoms with E-state index in [-0.39, 0.29) is 12.8 Å². The Morgan fingerprint density at radius 2 is 1.67 bits per heavy atom. The molecule has 0 unspecified atom stereocenters. The highest BCUT2D eigenvalue weighted by atomic mass is 19.1. The minimum absolute atomic E-state index is 0.152. The summed E-state index contributed by atoms with van der Waals surface area (Å²) in [6.07, 6.45) is 3.98. The van der Waals surface area contributed by atoms with Crippen molar-refractivity contribution < 1.29 is 23.5 Å². The van der Waals surface area contributed by atoms with Crippen LogP contribution in [-0.4, -0.2) is 37.0 Å². The summed E-state index contributed by atoms with van der Waals surface area (Å²) in [5.74, 6) is -1.91. The van der Waals surface area contributed by atoms with E-state index in [9.17, 15) is 18.8 Å². The Morgan fingerprint density at radius 3 is 2.27 bits per heavy atom. The summed E-state index contributed by atoms with van der Waals surface area (Å²) in [6.45, 7) is 1.30. The molecule has 7 heteroatoms. The fraction of sp³-hybridized carbons (Fsp3) is 0.261. The lowest BCUT2D eigenvalue weighted by Gasteiger charge is -2.21. The van der Waals surface area contributed by atoms with E-state index >= 15 is 0 Å². The molecular weight excluding hydrogens is 387 g/mol. The molecule has 158 valence electrons. The maximum atomic E-state index is 13.1. The summed E-state index contributed by atoms with van der Waals surface area (Å²) < 4.78 is 17.9. The van der Waals surface area contributed by atoms with Gasteiger partial charge in [0.25, 0.3) is 0 Å². The number of nitrogens with one attached hydrogen (secondary N) is 2. The first-order valence-corrected chi connectivity index (χ1v) is 9.50. The van der Waals surface area contributed by atoms with Gasteiger partial charge in [0.1, 0.15) is 17.9 Å². The van der Waals surface area contributed by atoms with Gasteiger partial charge in [-0.1, -0.05) is 54.6 Å². The summed E-state index contributed by atoms with van der Waals surface area (Å²) in [7, 11) is 1.24. The molecule has 0 aliphatic heterocycles. The van der Waals surface area contributed by atoms with Gasteiger partial charge in [-0.05, 0) is 29.7 Å². The Labute approximate surface area is 175 Å². The van der Waals surface area contributed by atoms with Crippen LogP contribution in [0.1, 0.15) is 24.5 Å². The summed E-state index contributed by atoms with van der Waals surface area (Å²) >= 11 is 0. The third-order valence-electron chi connectivity index (χ3n) is 4.33. The Morgan fingerprint density at radius 1 is 1.00 bits per heavy atom. The standard InChI is InChI=1S/C23H25FN2O4/c1-16(27)25-21(15-18-11-13-19(24)14-12-18)22(28)26-20(23(29)30-2)10-6-9-17-7-4-3-5-8-17/h3-9,11-14,20-21H,10,15H2,1-2H3,(H,25,27)(H,26,28)/b9-6+/t20-,21+/m0/s1. The Bertz CT molecular complexity index is 882. The van der Waals surface area contributed by atoms with E-state index in [1.54, 1.807) is 6.08 Å². The number of hydrogen-bond acceptors (Lipinski definition) is 4. The number of amides is 2. The Hall–Kier alpha value is -3.48. The normalized spacial score (nSPS) is 12.8. The summed E-state index contributed by atoms with van der Waals surface area (Å²) in [5, 5.41) is 5.21. The quantitative estimate of drug-likeness (QED) is 0.620. The minimum atomic E-state index is -0.918. The van der Waals surface area contributed by atoms with E-state index in [0.29, 0.717) is 5.56 Å². The molecular formula is C23H25FN2O4. The first-order chi connectivity index (χ1) is 14.4. The first kappa shape index (κ1) is 22.8. The fourth-order valence-electron chi connectivity index (χ4n) is 2.84. The third-order valence-corrected chi connectivity index (χ3v) is 4.33. The number of rotatable bonds is 9. The summed E-state index contributed by atoms with van der Waals surface area (Å²) in [4.78, 5) is 36.5. The lowest BCUT2D eigenvalue weighted by molar-refractivity contribution is -0.145. The molecule has 0 aliphatic rings. The second-order valence-corrected chi connectivity index (χ2v) is 6.72. The van der Waals surface area contributed by atoms with Gasteiger partial charge in [-0.3, -0.25) is 9.59 Å². The highest BCUT2D eigenvalue weighted by Gasteiger charge is 2.26. The van der Waals surface area contributed by atoms with Gasteiger partial charge < -0.3 is 15.4 Å². The molecule has 2 N–H and O–H groups in total. The monoisotopic (exact) mass is 412 g/mol. The van der Waals surface area contributed by atoms with Crippen LogP contribution in [0.3, 0.4) is 0 Å². The van der Waals surface area contributed by atoms with Crippen LogP contribution in [0.25, 0.3) is 6.08 Å². The Balaban J connectivity index is 2.08. The van der Waals surface area contributed by atoms with E-state index in [0.717, 1.165) is 5.56 Å². The van der Waals surface area contributed by atoms with Crippen molar-refractivity contribution in [2.24, 2.45) is 0 Å². The van der Waals surface area contributed by atoms with Crippen molar-refractivity contribution in [1.82, 2.24) is 10.6 Å². The highest BCUT2D eigenvalue weighted by molar-refractivity contribution is 5.90. The topological polar surface area (TPSA) is 84.5 Å². The summed E-state index contributed by atoms with van der Waals surface area (Å²) in [6, 6.07) is 13.3. The highest BCUT2D eigenvalue weighted by Crippen LogP contribution is 2.08. The van der Waals surface area contributed by atoms with E-state index in [1.807, 2.05) is 36.4 Å². The third kappa shape index (κ3) is 7.50. The van der Waals surface area contributed by atoms with Gasteiger partial charge in [-0.15, -0.1) is 0 Å². The van der Waals surface area contributed by atoms with E-state index in [1.165, 1.54) is 38.3 Å². The zero-order chi connectivity index (χ0) is 21.9. The summed E-state index contributed by atoms with van der Waals surface area (Å²) in [5.41, 5.74) is 1.63. The number of benzene rings is 2. The molecule has 6 nitrogen and oxygen atoms in total. The predicted molar refractivity (Wildman–Crippen MR) is 112 cm³/mol. The van der Waals surface area contributed by atoms with Crippen LogP contribution in [0, 0.1) is 5.82 Å². The average molecular weight is 412 g/mol. The SMILES string of the molecule is COC(=O)[C@H](C/C=C/c1ccccc1)NC(=O)[C@@H](Cc1ccc(F)cc1)NC(C)=O. The number of carbonyl (C=O) groups is 3. The van der Waals surface area contributed by atoms with Gasteiger partial charge >= 0.3 is 5.97 Å². The van der Waals surface area contributed by atoms with Gasteiger partial charge in [-0.25, -0.2) is 9.18 Å². The van der Waals surface area contributed by atoms with Crippen molar-refractivity contribution in [3.8, 4) is 0 Å². The first-order valence-electron chi connectivity index (χ1n) is 9.50. The van der Waals surface area contributed by atoms with Crippen LogP contribution in [-0.2, 0) is 25.5 Å². The molecule has 2 aromatic rings. The smallest absolute Gasteiger partial charge is 0.328 e. The maximum absolute atomic E-state index is 13.1. The van der Waals surface area contributed by atoms with Crippen LogP contribution < -0.4 is 10.6 Å². The van der Waals surface area contributed by atoms with Gasteiger partial charge in [0.05, 0.1) is 7.11 Å². The second kappa shape index (κ2) is 11.5. The van der Waals surface area contributed by atoms with E-state index in [4.69, 9.17) is 4.74 Å². The molecule has 0 bridgehead atoms. The molecule has 2 rings (SSSR count). The minimum Gasteiger partial charge on any atom is -0.467 e. The second-order valence-electron chi connectivity index (χ2n) is 6.72. The van der Waals surface area contributed by atoms with Gasteiger partial charge in [-0.2, -0.15) is 0 Å². The predicted octanol–water partition coefficient (Wildman–Crippen LogP) is 2.63. The van der Waals surface area contributed by atoms with Crippen molar-refractivity contribution in [3.63, 3.8) is 0 Å². The lowest BCUT2D eigenvalue weighted by atomic mass is 10.0. The number of esters is 1. The van der Waals surface area contributed by atoms with Crippen molar-refractivity contribution >= 4 is 23.9 Å². The molecule has 2 atom stereocenters. The molecule has 0 saturated carbocycles. The van der Waals surface area contributed by atoms with Crippen LogP contribution in [0.5, 0.6) is 0 Å². The van der Waals surface area contributed by atoms with Crippen LogP contribution >= 0.6 is 0 Å². The maximum Gasteiger partial charge on any atom is 0.328 e. The number of carbonyl (C=O) groups excluding carboxylic acids is 3.